The molecule has 1 aliphatic rings. The summed E-state index contributed by atoms with van der Waals surface area (Å²) in [6.07, 6.45) is 0.397. The van der Waals surface area contributed by atoms with Crippen molar-refractivity contribution < 1.29 is 32.2 Å². The molecular weight excluding hydrogens is 533 g/mol. The van der Waals surface area contributed by atoms with Crippen LogP contribution in [0.4, 0.5) is 10.1 Å². The van der Waals surface area contributed by atoms with Gasteiger partial charge in [-0.15, -0.1) is 0 Å². The fourth-order valence-corrected chi connectivity index (χ4v) is 5.89. The molecular formula is C31H36FNO6S. The van der Waals surface area contributed by atoms with Gasteiger partial charge in [-0.3, -0.25) is 4.79 Å². The molecule has 2 N–H and O–H groups in total. The van der Waals surface area contributed by atoms with Crippen LogP contribution in [0.15, 0.2) is 48.5 Å². The molecule has 0 aliphatic carbocycles. The number of anilines is 1. The number of hydrogen-bond donors (Lipinski definition) is 2. The molecule has 9 heteroatoms. The van der Waals surface area contributed by atoms with Crippen molar-refractivity contribution in [3.8, 4) is 22.6 Å². The van der Waals surface area contributed by atoms with E-state index in [9.17, 15) is 17.6 Å². The number of carbonyl (C=O) groups is 1. The first-order valence-corrected chi connectivity index (χ1v) is 15.2. The van der Waals surface area contributed by atoms with Crippen LogP contribution in [0.1, 0.15) is 55.0 Å². The van der Waals surface area contributed by atoms with E-state index in [1.165, 1.54) is 6.07 Å². The van der Waals surface area contributed by atoms with Gasteiger partial charge in [0.15, 0.2) is 9.84 Å². The third kappa shape index (κ3) is 6.94. The third-order valence-electron chi connectivity index (χ3n) is 7.14. The minimum atomic E-state index is -3.08. The van der Waals surface area contributed by atoms with E-state index < -0.39 is 21.6 Å². The predicted molar refractivity (Wildman–Crippen MR) is 155 cm³/mol. The second-order valence-corrected chi connectivity index (χ2v) is 13.2. The molecule has 40 heavy (non-hydrogen) atoms. The topological polar surface area (TPSA) is 102 Å². The molecule has 0 saturated heterocycles. The fourth-order valence-electron chi connectivity index (χ4n) is 4.90. The highest BCUT2D eigenvalue weighted by atomic mass is 32.2. The summed E-state index contributed by atoms with van der Waals surface area (Å²) in [6.45, 7) is 8.10. The molecule has 1 heterocycles. The van der Waals surface area contributed by atoms with Crippen LogP contribution in [0.2, 0.25) is 0 Å². The normalized spacial score (nSPS) is 14.8. The van der Waals surface area contributed by atoms with Crippen LogP contribution >= 0.6 is 0 Å². The first-order valence-electron chi connectivity index (χ1n) is 13.4. The van der Waals surface area contributed by atoms with E-state index in [1.807, 2.05) is 44.2 Å². The average Bonchev–Trinajstić information content (AvgIpc) is 2.89. The molecule has 4 rings (SSSR count). The lowest BCUT2D eigenvalue weighted by Gasteiger charge is -2.29. The smallest absolute Gasteiger partial charge is 0.303 e. The molecule has 1 atom stereocenters. The quantitative estimate of drug-likeness (QED) is 0.263. The lowest BCUT2D eigenvalue weighted by atomic mass is 9.92. The predicted octanol–water partition coefficient (Wildman–Crippen LogP) is 6.26. The van der Waals surface area contributed by atoms with Crippen LogP contribution in [-0.4, -0.2) is 43.7 Å². The molecule has 214 valence electrons. The van der Waals surface area contributed by atoms with Crippen molar-refractivity contribution >= 4 is 21.5 Å². The van der Waals surface area contributed by atoms with Crippen molar-refractivity contribution in [3.05, 3.63) is 76.6 Å². The summed E-state index contributed by atoms with van der Waals surface area (Å²) in [5, 5.41) is 11.9. The first-order chi connectivity index (χ1) is 18.9. The number of ether oxygens (including phenoxy) is 2. The average molecular weight is 570 g/mol. The van der Waals surface area contributed by atoms with Gasteiger partial charge in [-0.1, -0.05) is 18.2 Å². The number of aryl methyl sites for hydroxylation is 3. The number of rotatable bonds is 11. The number of fused-ring (bicyclic) bond motifs is 1. The monoisotopic (exact) mass is 569 g/mol. The molecule has 0 radical (unpaired) electrons. The van der Waals surface area contributed by atoms with E-state index >= 15 is 0 Å². The number of hydrogen-bond acceptors (Lipinski definition) is 6. The van der Waals surface area contributed by atoms with Gasteiger partial charge in [0, 0.05) is 12.5 Å². The molecule has 7 nitrogen and oxygen atoms in total. The minimum Gasteiger partial charge on any atom is -0.494 e. The Hall–Kier alpha value is -3.59. The molecule has 0 fully saturated rings. The van der Waals surface area contributed by atoms with E-state index in [0.717, 1.165) is 27.8 Å². The number of sulfone groups is 1. The largest absolute Gasteiger partial charge is 0.494 e. The highest BCUT2D eigenvalue weighted by molar-refractivity contribution is 7.91. The van der Waals surface area contributed by atoms with Gasteiger partial charge in [-0.2, -0.15) is 0 Å². The molecule has 1 unspecified atom stereocenters. The van der Waals surface area contributed by atoms with Gasteiger partial charge in [-0.05, 0) is 98.2 Å². The van der Waals surface area contributed by atoms with Crippen LogP contribution in [0.25, 0.3) is 11.1 Å². The Morgan fingerprint density at radius 3 is 2.55 bits per heavy atom. The van der Waals surface area contributed by atoms with Gasteiger partial charge in [0.25, 0.3) is 0 Å². The van der Waals surface area contributed by atoms with Crippen LogP contribution in [0.3, 0.4) is 0 Å². The summed E-state index contributed by atoms with van der Waals surface area (Å²) >= 11 is 0. The fraction of sp³-hybridized carbons (Fsp3) is 0.387. The van der Waals surface area contributed by atoms with Gasteiger partial charge in [-0.25, -0.2) is 12.8 Å². The van der Waals surface area contributed by atoms with Crippen LogP contribution in [0.5, 0.6) is 11.5 Å². The molecule has 0 spiro atoms. The van der Waals surface area contributed by atoms with Gasteiger partial charge in [0.2, 0.25) is 0 Å². The van der Waals surface area contributed by atoms with Crippen molar-refractivity contribution in [2.75, 3.05) is 24.3 Å². The number of aliphatic carboxylic acids is 1. The second-order valence-electron chi connectivity index (χ2n) is 10.5. The maximum absolute atomic E-state index is 14.6. The zero-order chi connectivity index (χ0) is 29.0. The minimum absolute atomic E-state index is 0.103. The molecule has 0 amide bonds. The molecule has 0 aromatic heterocycles. The summed E-state index contributed by atoms with van der Waals surface area (Å²) in [5.41, 5.74) is 6.04. The van der Waals surface area contributed by atoms with Crippen LogP contribution in [0, 0.1) is 19.7 Å². The molecule has 0 bridgehead atoms. The summed E-state index contributed by atoms with van der Waals surface area (Å²) in [7, 11) is -3.08. The Balaban J connectivity index is 1.47. The summed E-state index contributed by atoms with van der Waals surface area (Å²) in [6, 6.07) is 14.8. The summed E-state index contributed by atoms with van der Waals surface area (Å²) < 4.78 is 50.5. The van der Waals surface area contributed by atoms with E-state index in [0.29, 0.717) is 42.4 Å². The Kier molecular flexibility index (Phi) is 9.03. The van der Waals surface area contributed by atoms with Gasteiger partial charge in [0.1, 0.15) is 23.9 Å². The number of carboxylic acid groups (broad SMARTS) is 1. The van der Waals surface area contributed by atoms with Crippen molar-refractivity contribution in [1.82, 2.24) is 0 Å². The number of carboxylic acids is 1. The number of halogens is 1. The van der Waals surface area contributed by atoms with Gasteiger partial charge < -0.3 is 19.9 Å². The third-order valence-corrected chi connectivity index (χ3v) is 9.43. The van der Waals surface area contributed by atoms with Gasteiger partial charge >= 0.3 is 5.97 Å². The van der Waals surface area contributed by atoms with E-state index in [4.69, 9.17) is 14.6 Å². The van der Waals surface area contributed by atoms with Crippen molar-refractivity contribution in [1.29, 1.82) is 0 Å². The molecule has 0 saturated carbocycles. The lowest BCUT2D eigenvalue weighted by Crippen LogP contribution is -2.24. The van der Waals surface area contributed by atoms with E-state index in [1.54, 1.807) is 19.9 Å². The zero-order valence-electron chi connectivity index (χ0n) is 23.3. The van der Waals surface area contributed by atoms with Gasteiger partial charge in [0.05, 0.1) is 29.3 Å². The summed E-state index contributed by atoms with van der Waals surface area (Å²) in [5.74, 6) is -0.104. The highest BCUT2D eigenvalue weighted by Gasteiger charge is 2.23. The zero-order valence-corrected chi connectivity index (χ0v) is 24.1. The van der Waals surface area contributed by atoms with E-state index in [2.05, 4.69) is 11.4 Å². The maximum atomic E-state index is 14.6. The first kappa shape index (κ1) is 29.4. The van der Waals surface area contributed by atoms with Crippen LogP contribution < -0.4 is 14.8 Å². The van der Waals surface area contributed by atoms with E-state index in [-0.39, 0.29) is 29.9 Å². The maximum Gasteiger partial charge on any atom is 0.303 e. The van der Waals surface area contributed by atoms with Crippen molar-refractivity contribution in [2.45, 2.75) is 58.2 Å². The molecule has 3 aromatic rings. The molecule has 1 aliphatic heterocycles. The number of nitrogens with one attached hydrogen (secondary N) is 1. The second kappa shape index (κ2) is 12.3. The molecule has 3 aromatic carbocycles. The van der Waals surface area contributed by atoms with Crippen molar-refractivity contribution in [2.24, 2.45) is 0 Å². The lowest BCUT2D eigenvalue weighted by molar-refractivity contribution is -0.136. The standard InChI is InChI=1S/C31H36FNO6S/c1-19(2)40(36,37)12-6-11-38-25-13-20(3)31(21(4)14-25)24-8-5-7-23(15-24)28-18-39-29-16-22(9-10-30(34)35)26(32)17-27(29)33-28/h5,7-8,13-17,19,28,33H,6,9-12,18H2,1-4H3,(H,34,35). The Bertz CT molecular complexity index is 1480. The highest BCUT2D eigenvalue weighted by Crippen LogP contribution is 2.38. The van der Waals surface area contributed by atoms with Crippen LogP contribution in [-0.2, 0) is 21.1 Å². The Labute approximate surface area is 235 Å². The summed E-state index contributed by atoms with van der Waals surface area (Å²) in [4.78, 5) is 10.9. The Morgan fingerprint density at radius 2 is 1.88 bits per heavy atom. The Morgan fingerprint density at radius 1 is 1.15 bits per heavy atom. The number of benzene rings is 3. The van der Waals surface area contributed by atoms with Crippen molar-refractivity contribution in [3.63, 3.8) is 0 Å². The SMILES string of the molecule is Cc1cc(OCCCS(=O)(=O)C(C)C)cc(C)c1-c1cccc(C2COc3cc(CCC(=O)O)c(F)cc3N2)c1.